The molecule has 1 heterocycles. The summed E-state index contributed by atoms with van der Waals surface area (Å²) < 4.78 is 51.6. The van der Waals surface area contributed by atoms with Crippen molar-refractivity contribution in [2.75, 3.05) is 6.61 Å². The van der Waals surface area contributed by atoms with Gasteiger partial charge in [0.1, 0.15) is 24.8 Å². The first-order valence-corrected chi connectivity index (χ1v) is 10.3. The van der Waals surface area contributed by atoms with Crippen LogP contribution in [0.3, 0.4) is 0 Å². The molecule has 0 bridgehead atoms. The van der Waals surface area contributed by atoms with Crippen LogP contribution in [-0.2, 0) is 22.3 Å². The smallest absolute Gasteiger partial charge is 0.416 e. The second-order valence-electron chi connectivity index (χ2n) is 7.55. The Hall–Kier alpha value is -3.56. The molecule has 0 saturated heterocycles. The molecule has 0 N–H and O–H groups in total. The zero-order valence-corrected chi connectivity index (χ0v) is 18.4. The number of aromatic nitrogens is 3. The van der Waals surface area contributed by atoms with Crippen LogP contribution in [0.5, 0.6) is 5.75 Å². The van der Waals surface area contributed by atoms with Crippen LogP contribution in [0.1, 0.15) is 37.0 Å². The van der Waals surface area contributed by atoms with E-state index in [1.165, 1.54) is 27.7 Å². The lowest BCUT2D eigenvalue weighted by molar-refractivity contribution is -0.145. The molecule has 3 rings (SSSR count). The Kier molecular flexibility index (Phi) is 7.25. The number of alkyl halides is 3. The number of esters is 1. The molecular formula is C23H24F3N3O4. The van der Waals surface area contributed by atoms with Gasteiger partial charge in [-0.05, 0) is 55.3 Å². The van der Waals surface area contributed by atoms with Crippen molar-refractivity contribution < 1.29 is 27.4 Å². The topological polar surface area (TPSA) is 75.3 Å². The molecule has 1 aromatic heterocycles. The summed E-state index contributed by atoms with van der Waals surface area (Å²) in [7, 11) is 0. The molecule has 0 aliphatic heterocycles. The van der Waals surface area contributed by atoms with Gasteiger partial charge in [-0.3, -0.25) is 4.79 Å². The molecule has 2 aromatic carbocycles. The maximum atomic E-state index is 12.8. The fourth-order valence-electron chi connectivity index (χ4n) is 3.11. The molecule has 0 saturated carbocycles. The Labute approximate surface area is 188 Å². The third-order valence-corrected chi connectivity index (χ3v) is 4.87. The average molecular weight is 463 g/mol. The molecule has 0 spiro atoms. The molecule has 0 aliphatic carbocycles. The van der Waals surface area contributed by atoms with E-state index < -0.39 is 17.4 Å². The minimum atomic E-state index is -4.45. The van der Waals surface area contributed by atoms with Crippen molar-refractivity contribution in [3.63, 3.8) is 0 Å². The normalized spacial score (nSPS) is 12.4. The van der Waals surface area contributed by atoms with Crippen LogP contribution in [0.15, 0.2) is 53.6 Å². The van der Waals surface area contributed by atoms with Crippen molar-refractivity contribution >= 4 is 5.97 Å². The van der Waals surface area contributed by atoms with Gasteiger partial charge in [-0.1, -0.05) is 19.1 Å². The summed E-state index contributed by atoms with van der Waals surface area (Å²) in [6, 6.07) is 9.70. The first-order chi connectivity index (χ1) is 15.6. The second kappa shape index (κ2) is 9.93. The molecular weight excluding hydrogens is 439 g/mol. The highest BCUT2D eigenvalue weighted by molar-refractivity contribution is 5.68. The van der Waals surface area contributed by atoms with E-state index in [0.717, 1.165) is 23.3 Å². The number of benzene rings is 2. The molecule has 1 unspecified atom stereocenters. The standard InChI is InChI=1S/C23H24F3N3O4/c1-4-21(30)32-13-16(3)33-20-10-5-17(11-15(20)2)12-29-22(31)28(14-27-29)19-8-6-18(7-9-19)23(24,25)26/h5-11,14,16H,4,12-13H2,1-3H3. The molecule has 0 fully saturated rings. The molecule has 0 radical (unpaired) electrons. The summed E-state index contributed by atoms with van der Waals surface area (Å²) in [6.07, 6.45) is -3.20. The second-order valence-corrected chi connectivity index (χ2v) is 7.55. The van der Waals surface area contributed by atoms with Crippen molar-refractivity contribution in [2.45, 2.75) is 46.0 Å². The number of hydrogen-bond acceptors (Lipinski definition) is 5. The zero-order chi connectivity index (χ0) is 24.2. The number of aryl methyl sites for hydroxylation is 1. The maximum Gasteiger partial charge on any atom is 0.416 e. The van der Waals surface area contributed by atoms with Gasteiger partial charge in [0.05, 0.1) is 17.8 Å². The van der Waals surface area contributed by atoms with Gasteiger partial charge in [0.25, 0.3) is 0 Å². The number of halogens is 3. The Morgan fingerprint density at radius 1 is 1.15 bits per heavy atom. The first-order valence-electron chi connectivity index (χ1n) is 10.3. The molecule has 10 heteroatoms. The molecule has 33 heavy (non-hydrogen) atoms. The fourth-order valence-corrected chi connectivity index (χ4v) is 3.11. The molecule has 1 atom stereocenters. The van der Waals surface area contributed by atoms with Crippen LogP contribution < -0.4 is 10.4 Å². The third kappa shape index (κ3) is 6.03. The summed E-state index contributed by atoms with van der Waals surface area (Å²) in [6.45, 7) is 5.69. The number of rotatable bonds is 8. The number of nitrogens with zero attached hydrogens (tertiary/aromatic N) is 3. The van der Waals surface area contributed by atoms with Crippen LogP contribution in [0.25, 0.3) is 5.69 Å². The number of hydrogen-bond donors (Lipinski definition) is 0. The number of carbonyl (C=O) groups excluding carboxylic acids is 1. The van der Waals surface area contributed by atoms with Crippen molar-refractivity contribution in [3.8, 4) is 11.4 Å². The van der Waals surface area contributed by atoms with Crippen molar-refractivity contribution in [1.82, 2.24) is 14.3 Å². The third-order valence-electron chi connectivity index (χ3n) is 4.87. The van der Waals surface area contributed by atoms with Gasteiger partial charge in [-0.2, -0.15) is 18.3 Å². The van der Waals surface area contributed by atoms with Crippen LogP contribution in [0.2, 0.25) is 0 Å². The van der Waals surface area contributed by atoms with E-state index in [-0.39, 0.29) is 30.9 Å². The van der Waals surface area contributed by atoms with Crippen LogP contribution in [0, 0.1) is 6.92 Å². The van der Waals surface area contributed by atoms with Gasteiger partial charge in [-0.15, -0.1) is 0 Å². The minimum Gasteiger partial charge on any atom is -0.487 e. The number of carbonyl (C=O) groups is 1. The van der Waals surface area contributed by atoms with Crippen LogP contribution in [0.4, 0.5) is 13.2 Å². The van der Waals surface area contributed by atoms with Gasteiger partial charge in [-0.25, -0.2) is 14.0 Å². The summed E-state index contributed by atoms with van der Waals surface area (Å²) in [4.78, 5) is 23.9. The van der Waals surface area contributed by atoms with E-state index >= 15 is 0 Å². The van der Waals surface area contributed by atoms with E-state index in [2.05, 4.69) is 5.10 Å². The summed E-state index contributed by atoms with van der Waals surface area (Å²) >= 11 is 0. The van der Waals surface area contributed by atoms with Gasteiger partial charge >= 0.3 is 17.8 Å². The highest BCUT2D eigenvalue weighted by Gasteiger charge is 2.30. The monoisotopic (exact) mass is 463 g/mol. The SMILES string of the molecule is CCC(=O)OCC(C)Oc1ccc(Cn2ncn(-c3ccc(C(F)(F)F)cc3)c2=O)cc1C. The Morgan fingerprint density at radius 3 is 2.45 bits per heavy atom. The van der Waals surface area contributed by atoms with Gasteiger partial charge in [0.2, 0.25) is 0 Å². The van der Waals surface area contributed by atoms with Gasteiger partial charge < -0.3 is 9.47 Å². The van der Waals surface area contributed by atoms with Gasteiger partial charge in [0, 0.05) is 6.42 Å². The summed E-state index contributed by atoms with van der Waals surface area (Å²) in [5, 5.41) is 4.07. The van der Waals surface area contributed by atoms with Crippen molar-refractivity contribution in [3.05, 3.63) is 76.0 Å². The molecule has 0 aliphatic rings. The zero-order valence-electron chi connectivity index (χ0n) is 18.4. The summed E-state index contributed by atoms with van der Waals surface area (Å²) in [5.41, 5.74) is 0.652. The quantitative estimate of drug-likeness (QED) is 0.470. The average Bonchev–Trinajstić information content (AvgIpc) is 3.13. The summed E-state index contributed by atoms with van der Waals surface area (Å²) in [5.74, 6) is 0.333. The molecule has 176 valence electrons. The lowest BCUT2D eigenvalue weighted by atomic mass is 10.1. The van der Waals surface area contributed by atoms with Crippen molar-refractivity contribution in [1.29, 1.82) is 0 Å². The first kappa shape index (κ1) is 24.1. The molecule has 3 aromatic rings. The fraction of sp³-hybridized carbons (Fsp3) is 0.348. The van der Waals surface area contributed by atoms with E-state index in [0.29, 0.717) is 12.2 Å². The maximum absolute atomic E-state index is 12.8. The molecule has 7 nitrogen and oxygen atoms in total. The predicted molar refractivity (Wildman–Crippen MR) is 114 cm³/mol. The highest BCUT2D eigenvalue weighted by atomic mass is 19.4. The van der Waals surface area contributed by atoms with Gasteiger partial charge in [0.15, 0.2) is 0 Å². The molecule has 0 amide bonds. The Bertz CT molecular complexity index is 1170. The highest BCUT2D eigenvalue weighted by Crippen LogP contribution is 2.29. The Balaban J connectivity index is 1.69. The largest absolute Gasteiger partial charge is 0.487 e. The van der Waals surface area contributed by atoms with E-state index in [1.54, 1.807) is 26.0 Å². The van der Waals surface area contributed by atoms with Crippen LogP contribution in [-0.4, -0.2) is 33.0 Å². The lowest BCUT2D eigenvalue weighted by Gasteiger charge is -2.17. The van der Waals surface area contributed by atoms with E-state index in [4.69, 9.17) is 9.47 Å². The number of ether oxygens (including phenoxy) is 2. The lowest BCUT2D eigenvalue weighted by Crippen LogP contribution is -2.24. The van der Waals surface area contributed by atoms with E-state index in [9.17, 15) is 22.8 Å². The van der Waals surface area contributed by atoms with Crippen molar-refractivity contribution in [2.24, 2.45) is 0 Å². The van der Waals surface area contributed by atoms with E-state index in [1.807, 2.05) is 13.0 Å². The minimum absolute atomic E-state index is 0.143. The Morgan fingerprint density at radius 2 is 1.85 bits per heavy atom. The predicted octanol–water partition coefficient (Wildman–Crippen LogP) is 4.13. The van der Waals surface area contributed by atoms with Crippen LogP contribution >= 0.6 is 0 Å².